The smallest absolute Gasteiger partial charge is 0.273 e. The van der Waals surface area contributed by atoms with Crippen molar-refractivity contribution >= 4 is 22.6 Å². The molecule has 0 saturated carbocycles. The number of amides is 1. The predicted molar refractivity (Wildman–Crippen MR) is 86.0 cm³/mol. The van der Waals surface area contributed by atoms with Crippen molar-refractivity contribution in [3.05, 3.63) is 42.0 Å². The molecule has 0 saturated heterocycles. The SMILES string of the molecule is CCc1nc2ccc(NC(=O)c3ccnn3C(C)C)cc2[nH]1. The number of aromatic amines is 1. The molecule has 2 heterocycles. The second kappa shape index (κ2) is 5.63. The van der Waals surface area contributed by atoms with Gasteiger partial charge in [0.25, 0.3) is 5.91 Å². The summed E-state index contributed by atoms with van der Waals surface area (Å²) in [6.45, 7) is 6.03. The Morgan fingerprint density at radius 3 is 2.91 bits per heavy atom. The fraction of sp³-hybridized carbons (Fsp3) is 0.312. The first-order chi connectivity index (χ1) is 10.6. The Kier molecular flexibility index (Phi) is 3.66. The lowest BCUT2D eigenvalue weighted by Gasteiger charge is -2.11. The molecule has 0 fully saturated rings. The van der Waals surface area contributed by atoms with E-state index < -0.39 is 0 Å². The van der Waals surface area contributed by atoms with E-state index in [0.717, 1.165) is 29.0 Å². The van der Waals surface area contributed by atoms with Crippen molar-refractivity contribution in [3.63, 3.8) is 0 Å². The summed E-state index contributed by atoms with van der Waals surface area (Å²) >= 11 is 0. The van der Waals surface area contributed by atoms with Gasteiger partial charge in [-0.2, -0.15) is 5.10 Å². The van der Waals surface area contributed by atoms with Gasteiger partial charge in [0, 0.05) is 24.3 Å². The Morgan fingerprint density at radius 2 is 2.18 bits per heavy atom. The molecule has 0 bridgehead atoms. The standard InChI is InChI=1S/C16H19N5O/c1-4-15-19-12-6-5-11(9-13(12)20-15)18-16(22)14-7-8-17-21(14)10(2)3/h5-10H,4H2,1-3H3,(H,18,22)(H,19,20). The Balaban J connectivity index is 1.85. The van der Waals surface area contributed by atoms with Crippen LogP contribution >= 0.6 is 0 Å². The fourth-order valence-electron chi connectivity index (χ4n) is 2.41. The maximum Gasteiger partial charge on any atom is 0.273 e. The van der Waals surface area contributed by atoms with Gasteiger partial charge in [-0.05, 0) is 38.1 Å². The molecule has 0 unspecified atom stereocenters. The van der Waals surface area contributed by atoms with Gasteiger partial charge in [-0.25, -0.2) is 4.98 Å². The highest BCUT2D eigenvalue weighted by atomic mass is 16.2. The largest absolute Gasteiger partial charge is 0.342 e. The first-order valence-corrected chi connectivity index (χ1v) is 7.42. The van der Waals surface area contributed by atoms with Crippen LogP contribution in [-0.4, -0.2) is 25.7 Å². The van der Waals surface area contributed by atoms with Gasteiger partial charge in [-0.3, -0.25) is 9.48 Å². The molecule has 6 nitrogen and oxygen atoms in total. The predicted octanol–water partition coefficient (Wildman–Crippen LogP) is 3.16. The fourth-order valence-corrected chi connectivity index (χ4v) is 2.41. The van der Waals surface area contributed by atoms with Crippen LogP contribution in [0.25, 0.3) is 11.0 Å². The topological polar surface area (TPSA) is 75.6 Å². The van der Waals surface area contributed by atoms with Gasteiger partial charge in [-0.1, -0.05) is 6.92 Å². The molecule has 2 N–H and O–H groups in total. The van der Waals surface area contributed by atoms with E-state index in [-0.39, 0.29) is 11.9 Å². The molecule has 3 aromatic rings. The number of hydrogen-bond donors (Lipinski definition) is 2. The molecule has 0 aliphatic heterocycles. The number of anilines is 1. The van der Waals surface area contributed by atoms with Crippen LogP contribution in [0.3, 0.4) is 0 Å². The third-order valence-electron chi connectivity index (χ3n) is 3.52. The number of imidazole rings is 1. The summed E-state index contributed by atoms with van der Waals surface area (Å²) in [5.74, 6) is 0.775. The summed E-state index contributed by atoms with van der Waals surface area (Å²) in [5, 5.41) is 7.09. The number of H-pyrrole nitrogens is 1. The molecular formula is C16H19N5O. The average Bonchev–Trinajstić information content (AvgIpc) is 3.13. The van der Waals surface area contributed by atoms with Gasteiger partial charge in [-0.15, -0.1) is 0 Å². The lowest BCUT2D eigenvalue weighted by Crippen LogP contribution is -2.18. The molecule has 0 radical (unpaired) electrons. The third-order valence-corrected chi connectivity index (χ3v) is 3.52. The van der Waals surface area contributed by atoms with Crippen molar-refractivity contribution in [1.82, 2.24) is 19.7 Å². The number of carbonyl (C=O) groups excluding carboxylic acids is 1. The van der Waals surface area contributed by atoms with Crippen LogP contribution in [0.15, 0.2) is 30.5 Å². The maximum atomic E-state index is 12.4. The lowest BCUT2D eigenvalue weighted by molar-refractivity contribution is 0.101. The number of carbonyl (C=O) groups is 1. The highest BCUT2D eigenvalue weighted by Gasteiger charge is 2.14. The van der Waals surface area contributed by atoms with Crippen LogP contribution in [-0.2, 0) is 6.42 Å². The van der Waals surface area contributed by atoms with Gasteiger partial charge >= 0.3 is 0 Å². The van der Waals surface area contributed by atoms with Crippen molar-refractivity contribution in [1.29, 1.82) is 0 Å². The Labute approximate surface area is 128 Å². The van der Waals surface area contributed by atoms with Crippen LogP contribution in [0.1, 0.15) is 43.1 Å². The number of nitrogens with zero attached hydrogens (tertiary/aromatic N) is 3. The minimum absolute atomic E-state index is 0.137. The molecule has 0 spiro atoms. The van der Waals surface area contributed by atoms with Gasteiger partial charge in [0.2, 0.25) is 0 Å². The molecule has 0 atom stereocenters. The number of nitrogens with one attached hydrogen (secondary N) is 2. The van der Waals surface area contributed by atoms with Crippen LogP contribution in [0.2, 0.25) is 0 Å². The van der Waals surface area contributed by atoms with E-state index in [2.05, 4.69) is 20.4 Å². The van der Waals surface area contributed by atoms with E-state index in [4.69, 9.17) is 0 Å². The molecule has 3 rings (SSSR count). The molecule has 114 valence electrons. The number of hydrogen-bond acceptors (Lipinski definition) is 3. The zero-order valence-electron chi connectivity index (χ0n) is 12.9. The molecule has 0 aliphatic rings. The Morgan fingerprint density at radius 1 is 1.36 bits per heavy atom. The second-order valence-corrected chi connectivity index (χ2v) is 5.48. The van der Waals surface area contributed by atoms with Gasteiger partial charge < -0.3 is 10.3 Å². The molecule has 6 heteroatoms. The zero-order valence-corrected chi connectivity index (χ0v) is 12.9. The van der Waals surface area contributed by atoms with Crippen molar-refractivity contribution in [2.75, 3.05) is 5.32 Å². The van der Waals surface area contributed by atoms with Gasteiger partial charge in [0.15, 0.2) is 0 Å². The summed E-state index contributed by atoms with van der Waals surface area (Å²) in [5.41, 5.74) is 3.11. The number of aryl methyl sites for hydroxylation is 1. The first kappa shape index (κ1) is 14.3. The van der Waals surface area contributed by atoms with Crippen LogP contribution in [0.5, 0.6) is 0 Å². The summed E-state index contributed by atoms with van der Waals surface area (Å²) < 4.78 is 1.71. The minimum atomic E-state index is -0.166. The normalized spacial score (nSPS) is 11.3. The monoisotopic (exact) mass is 297 g/mol. The Bertz CT molecular complexity index is 815. The van der Waals surface area contributed by atoms with E-state index in [1.165, 1.54) is 0 Å². The van der Waals surface area contributed by atoms with Crippen molar-refractivity contribution < 1.29 is 4.79 Å². The van der Waals surface area contributed by atoms with E-state index in [0.29, 0.717) is 5.69 Å². The van der Waals surface area contributed by atoms with Crippen molar-refractivity contribution in [2.24, 2.45) is 0 Å². The van der Waals surface area contributed by atoms with E-state index in [9.17, 15) is 4.79 Å². The summed E-state index contributed by atoms with van der Waals surface area (Å²) in [7, 11) is 0. The quantitative estimate of drug-likeness (QED) is 0.776. The number of benzene rings is 1. The zero-order chi connectivity index (χ0) is 15.7. The number of fused-ring (bicyclic) bond motifs is 1. The van der Waals surface area contributed by atoms with Gasteiger partial charge in [0.05, 0.1) is 11.0 Å². The van der Waals surface area contributed by atoms with Crippen LogP contribution in [0.4, 0.5) is 5.69 Å². The molecule has 2 aromatic heterocycles. The van der Waals surface area contributed by atoms with Crippen LogP contribution in [0, 0.1) is 0 Å². The Hall–Kier alpha value is -2.63. The second-order valence-electron chi connectivity index (χ2n) is 5.48. The number of aromatic nitrogens is 4. The minimum Gasteiger partial charge on any atom is -0.342 e. The molecule has 1 amide bonds. The molecule has 0 aliphatic carbocycles. The molecule has 1 aromatic carbocycles. The highest BCUT2D eigenvalue weighted by Crippen LogP contribution is 2.18. The van der Waals surface area contributed by atoms with E-state index >= 15 is 0 Å². The summed E-state index contributed by atoms with van der Waals surface area (Å²) in [6, 6.07) is 7.52. The van der Waals surface area contributed by atoms with E-state index in [1.54, 1.807) is 16.9 Å². The lowest BCUT2D eigenvalue weighted by atomic mass is 10.2. The van der Waals surface area contributed by atoms with E-state index in [1.807, 2.05) is 39.0 Å². The first-order valence-electron chi connectivity index (χ1n) is 7.42. The van der Waals surface area contributed by atoms with Crippen LogP contribution < -0.4 is 5.32 Å². The van der Waals surface area contributed by atoms with Crippen molar-refractivity contribution in [2.45, 2.75) is 33.2 Å². The third kappa shape index (κ3) is 2.59. The maximum absolute atomic E-state index is 12.4. The highest BCUT2D eigenvalue weighted by molar-refractivity contribution is 6.03. The number of rotatable bonds is 4. The summed E-state index contributed by atoms with van der Waals surface area (Å²) in [6.07, 6.45) is 2.49. The molecular weight excluding hydrogens is 278 g/mol. The van der Waals surface area contributed by atoms with Gasteiger partial charge in [0.1, 0.15) is 11.5 Å². The molecule has 22 heavy (non-hydrogen) atoms. The average molecular weight is 297 g/mol. The summed E-state index contributed by atoms with van der Waals surface area (Å²) in [4.78, 5) is 20.1. The van der Waals surface area contributed by atoms with Crippen molar-refractivity contribution in [3.8, 4) is 0 Å².